The molecule has 0 fully saturated rings. The number of benzene rings is 1. The molecule has 0 saturated carbocycles. The molecule has 1 atom stereocenters. The number of aromatic nitrogens is 2. The summed E-state index contributed by atoms with van der Waals surface area (Å²) in [5.74, 6) is -1.80. The van der Waals surface area contributed by atoms with Crippen molar-refractivity contribution in [3.63, 3.8) is 0 Å². The summed E-state index contributed by atoms with van der Waals surface area (Å²) in [7, 11) is -2.35. The molecule has 0 bridgehead atoms. The van der Waals surface area contributed by atoms with E-state index in [4.69, 9.17) is 5.11 Å². The Balaban J connectivity index is 2.36. The second-order valence-electron chi connectivity index (χ2n) is 5.93. The molecule has 0 saturated heterocycles. The molecule has 0 radical (unpaired) electrons. The predicted molar refractivity (Wildman–Crippen MR) is 86.7 cm³/mol. The fraction of sp³-hybridized carbons (Fsp3) is 0.467. The summed E-state index contributed by atoms with van der Waals surface area (Å²) in [5.41, 5.74) is 0.862. The molecule has 23 heavy (non-hydrogen) atoms. The molecule has 7 nitrogen and oxygen atoms in total. The van der Waals surface area contributed by atoms with Crippen molar-refractivity contribution < 1.29 is 18.3 Å². The smallest absolute Gasteiger partial charge is 0.307 e. The first-order valence-electron chi connectivity index (χ1n) is 7.31. The van der Waals surface area contributed by atoms with Gasteiger partial charge in [0.2, 0.25) is 10.0 Å². The van der Waals surface area contributed by atoms with E-state index in [2.05, 4.69) is 5.10 Å². The van der Waals surface area contributed by atoms with Crippen molar-refractivity contribution in [3.8, 4) is 0 Å². The van der Waals surface area contributed by atoms with Gasteiger partial charge in [-0.15, -0.1) is 0 Å². The number of carboxylic acids is 1. The highest BCUT2D eigenvalue weighted by Crippen LogP contribution is 2.23. The Hall–Kier alpha value is -1.93. The molecule has 0 amide bonds. The number of hydrogen-bond acceptors (Lipinski definition) is 4. The Bertz CT molecular complexity index is 826. The topological polar surface area (TPSA) is 92.5 Å². The van der Waals surface area contributed by atoms with Gasteiger partial charge in [0.05, 0.1) is 22.5 Å². The minimum atomic E-state index is -3.74. The third-order valence-electron chi connectivity index (χ3n) is 3.72. The number of hydrogen-bond donors (Lipinski definition) is 1. The Labute approximate surface area is 135 Å². The zero-order valence-electron chi connectivity index (χ0n) is 13.6. The van der Waals surface area contributed by atoms with Gasteiger partial charge in [-0.05, 0) is 32.0 Å². The molecule has 0 spiro atoms. The monoisotopic (exact) mass is 339 g/mol. The number of carboxylic acid groups (broad SMARTS) is 1. The number of fused-ring (bicyclic) bond motifs is 1. The first-order valence-corrected chi connectivity index (χ1v) is 8.75. The molecule has 0 aliphatic heterocycles. The van der Waals surface area contributed by atoms with Crippen molar-refractivity contribution >= 4 is 26.9 Å². The van der Waals surface area contributed by atoms with E-state index in [0.717, 1.165) is 15.2 Å². The summed E-state index contributed by atoms with van der Waals surface area (Å²) < 4.78 is 28.1. The van der Waals surface area contributed by atoms with Crippen LogP contribution in [-0.4, -0.2) is 47.2 Å². The SMILES string of the molecule is CC(CN(C)S(=O)(=O)c1ccc2c(cnn2C(C)C)c1)C(=O)O. The molecule has 2 aromatic rings. The average Bonchev–Trinajstić information content (AvgIpc) is 2.89. The third-order valence-corrected chi connectivity index (χ3v) is 5.54. The van der Waals surface area contributed by atoms with Crippen LogP contribution in [0, 0.1) is 5.92 Å². The Morgan fingerprint density at radius 2 is 2.00 bits per heavy atom. The van der Waals surface area contributed by atoms with Gasteiger partial charge in [0.1, 0.15) is 0 Å². The zero-order valence-corrected chi connectivity index (χ0v) is 14.4. The Morgan fingerprint density at radius 1 is 1.35 bits per heavy atom. The molecular weight excluding hydrogens is 318 g/mol. The highest BCUT2D eigenvalue weighted by Gasteiger charge is 2.25. The fourth-order valence-corrected chi connectivity index (χ4v) is 3.64. The standard InChI is InChI=1S/C15H21N3O4S/c1-10(2)18-14-6-5-13(7-12(14)8-16-18)23(21,22)17(4)9-11(3)15(19)20/h5-8,10-11H,9H2,1-4H3,(H,19,20). The summed E-state index contributed by atoms with van der Waals surface area (Å²) in [4.78, 5) is 11.0. The van der Waals surface area contributed by atoms with Crippen molar-refractivity contribution in [2.24, 2.45) is 5.92 Å². The van der Waals surface area contributed by atoms with E-state index in [1.54, 1.807) is 18.3 Å². The van der Waals surface area contributed by atoms with Gasteiger partial charge in [-0.25, -0.2) is 12.7 Å². The van der Waals surface area contributed by atoms with Crippen molar-refractivity contribution in [2.45, 2.75) is 31.7 Å². The lowest BCUT2D eigenvalue weighted by Gasteiger charge is -2.19. The molecule has 1 unspecified atom stereocenters. The summed E-state index contributed by atoms with van der Waals surface area (Å²) in [6.45, 7) is 5.39. The highest BCUT2D eigenvalue weighted by atomic mass is 32.2. The van der Waals surface area contributed by atoms with E-state index in [1.165, 1.54) is 20.0 Å². The maximum absolute atomic E-state index is 12.6. The van der Waals surface area contributed by atoms with E-state index in [9.17, 15) is 13.2 Å². The van der Waals surface area contributed by atoms with Crippen LogP contribution >= 0.6 is 0 Å². The molecular formula is C15H21N3O4S. The van der Waals surface area contributed by atoms with E-state index in [0.29, 0.717) is 0 Å². The molecule has 0 aliphatic rings. The summed E-state index contributed by atoms with van der Waals surface area (Å²) in [6.07, 6.45) is 1.63. The maximum Gasteiger partial charge on any atom is 0.307 e. The van der Waals surface area contributed by atoms with Gasteiger partial charge in [-0.2, -0.15) is 5.10 Å². The van der Waals surface area contributed by atoms with Crippen LogP contribution in [-0.2, 0) is 14.8 Å². The second kappa shape index (κ2) is 6.29. The van der Waals surface area contributed by atoms with Crippen LogP contribution in [0.25, 0.3) is 10.9 Å². The first-order chi connectivity index (χ1) is 10.6. The lowest BCUT2D eigenvalue weighted by molar-refractivity contribution is -0.141. The quantitative estimate of drug-likeness (QED) is 0.868. The number of aliphatic carboxylic acids is 1. The first kappa shape index (κ1) is 17.4. The van der Waals surface area contributed by atoms with Crippen LogP contribution in [0.15, 0.2) is 29.3 Å². The van der Waals surface area contributed by atoms with E-state index in [-0.39, 0.29) is 17.5 Å². The molecule has 8 heteroatoms. The van der Waals surface area contributed by atoms with E-state index < -0.39 is 21.9 Å². The number of carbonyl (C=O) groups is 1. The van der Waals surface area contributed by atoms with Gasteiger partial charge < -0.3 is 5.11 Å². The lowest BCUT2D eigenvalue weighted by Crippen LogP contribution is -2.33. The van der Waals surface area contributed by atoms with Gasteiger partial charge in [0.25, 0.3) is 0 Å². The van der Waals surface area contributed by atoms with Gasteiger partial charge in [0.15, 0.2) is 0 Å². The van der Waals surface area contributed by atoms with Crippen LogP contribution in [0.4, 0.5) is 0 Å². The van der Waals surface area contributed by atoms with Crippen molar-refractivity contribution in [1.82, 2.24) is 14.1 Å². The van der Waals surface area contributed by atoms with E-state index >= 15 is 0 Å². The number of nitrogens with zero attached hydrogens (tertiary/aromatic N) is 3. The van der Waals surface area contributed by atoms with E-state index in [1.807, 2.05) is 18.5 Å². The van der Waals surface area contributed by atoms with Gasteiger partial charge >= 0.3 is 5.97 Å². The summed E-state index contributed by atoms with van der Waals surface area (Å²) in [5, 5.41) is 13.9. The summed E-state index contributed by atoms with van der Waals surface area (Å²) >= 11 is 0. The molecule has 0 aliphatic carbocycles. The lowest BCUT2D eigenvalue weighted by atomic mass is 10.2. The minimum absolute atomic E-state index is 0.0824. The minimum Gasteiger partial charge on any atom is -0.481 e. The number of sulfonamides is 1. The largest absolute Gasteiger partial charge is 0.481 e. The van der Waals surface area contributed by atoms with Crippen molar-refractivity contribution in [1.29, 1.82) is 0 Å². The average molecular weight is 339 g/mol. The van der Waals surface area contributed by atoms with Crippen LogP contribution in [0.3, 0.4) is 0 Å². The van der Waals surface area contributed by atoms with Gasteiger partial charge in [-0.1, -0.05) is 6.92 Å². The summed E-state index contributed by atoms with van der Waals surface area (Å²) in [6, 6.07) is 5.00. The predicted octanol–water partition coefficient (Wildman–Crippen LogP) is 1.96. The van der Waals surface area contributed by atoms with Crippen LogP contribution in [0.2, 0.25) is 0 Å². The second-order valence-corrected chi connectivity index (χ2v) is 7.97. The Morgan fingerprint density at radius 3 is 2.57 bits per heavy atom. The molecule has 126 valence electrons. The molecule has 2 rings (SSSR count). The highest BCUT2D eigenvalue weighted by molar-refractivity contribution is 7.89. The van der Waals surface area contributed by atoms with Crippen LogP contribution in [0.1, 0.15) is 26.8 Å². The fourth-order valence-electron chi connectivity index (χ4n) is 2.35. The molecule has 1 N–H and O–H groups in total. The van der Waals surface area contributed by atoms with Crippen LogP contribution in [0.5, 0.6) is 0 Å². The zero-order chi connectivity index (χ0) is 17.4. The third kappa shape index (κ3) is 3.37. The van der Waals surface area contributed by atoms with Crippen molar-refractivity contribution in [3.05, 3.63) is 24.4 Å². The van der Waals surface area contributed by atoms with Gasteiger partial charge in [-0.3, -0.25) is 9.48 Å². The molecule has 1 heterocycles. The normalized spacial score (nSPS) is 13.8. The number of rotatable bonds is 6. The maximum atomic E-state index is 12.6. The van der Waals surface area contributed by atoms with Crippen molar-refractivity contribution in [2.75, 3.05) is 13.6 Å². The molecule has 1 aromatic heterocycles. The van der Waals surface area contributed by atoms with Gasteiger partial charge in [0, 0.05) is 25.0 Å². The molecule has 1 aromatic carbocycles. The van der Waals surface area contributed by atoms with Crippen LogP contribution < -0.4 is 0 Å². The Kier molecular flexibility index (Phi) is 4.76.